The highest BCUT2D eigenvalue weighted by Crippen LogP contribution is 2.16. The van der Waals surface area contributed by atoms with Crippen LogP contribution in [-0.4, -0.2) is 15.0 Å². The molecule has 0 aromatic carbocycles. The van der Waals surface area contributed by atoms with Crippen LogP contribution in [0.3, 0.4) is 0 Å². The summed E-state index contributed by atoms with van der Waals surface area (Å²) >= 11 is 5.70. The van der Waals surface area contributed by atoms with Crippen molar-refractivity contribution >= 4 is 11.6 Å². The molecule has 116 valence electrons. The normalized spacial score (nSPS) is 18.0. The highest BCUT2D eigenvalue weighted by atomic mass is 35.5. The predicted octanol–water partition coefficient (Wildman–Crippen LogP) is 4.21. The summed E-state index contributed by atoms with van der Waals surface area (Å²) in [6.07, 6.45) is 16.1. The first kappa shape index (κ1) is 16.0. The van der Waals surface area contributed by atoms with Crippen LogP contribution < -0.4 is 10.3 Å². The van der Waals surface area contributed by atoms with Crippen LogP contribution in [0, 0.1) is 0 Å². The molecule has 1 aliphatic rings. The maximum absolute atomic E-state index is 5.70. The molecule has 0 bridgehead atoms. The van der Waals surface area contributed by atoms with Gasteiger partial charge in [-0.1, -0.05) is 44.6 Å². The lowest BCUT2D eigenvalue weighted by Crippen LogP contribution is -2.19. The number of nitrogens with zero attached hydrogens (tertiary/aromatic N) is 3. The summed E-state index contributed by atoms with van der Waals surface area (Å²) in [4.78, 5) is 16.9. The minimum atomic E-state index is 0.134. The molecule has 21 heavy (non-hydrogen) atoms. The highest BCUT2D eigenvalue weighted by molar-refractivity contribution is 6.28. The fourth-order valence-electron chi connectivity index (χ4n) is 2.41. The van der Waals surface area contributed by atoms with Crippen molar-refractivity contribution in [2.24, 2.45) is 0 Å². The van der Waals surface area contributed by atoms with Gasteiger partial charge in [0.1, 0.15) is 6.33 Å². The van der Waals surface area contributed by atoms with E-state index in [9.17, 15) is 0 Å². The van der Waals surface area contributed by atoms with Gasteiger partial charge in [-0.05, 0) is 37.3 Å². The van der Waals surface area contributed by atoms with Crippen LogP contribution in [0.25, 0.3) is 0 Å². The van der Waals surface area contributed by atoms with Crippen LogP contribution >= 0.6 is 11.6 Å². The second-order valence-corrected chi connectivity index (χ2v) is 5.68. The summed E-state index contributed by atoms with van der Waals surface area (Å²) in [7, 11) is 0. The molecule has 0 unspecified atom stereocenters. The lowest BCUT2D eigenvalue weighted by molar-refractivity contribution is 0.202. The molecule has 1 N–H and O–H groups in total. The van der Waals surface area contributed by atoms with Crippen molar-refractivity contribution in [3.8, 4) is 6.01 Å². The van der Waals surface area contributed by atoms with E-state index in [0.29, 0.717) is 0 Å². The van der Waals surface area contributed by atoms with Crippen molar-refractivity contribution in [3.63, 3.8) is 0 Å². The minimum absolute atomic E-state index is 0.134. The summed E-state index contributed by atoms with van der Waals surface area (Å²) in [5, 5.41) is 0.134. The van der Waals surface area contributed by atoms with E-state index >= 15 is 0 Å². The molecule has 0 saturated carbocycles. The number of aromatic nitrogens is 3. The van der Waals surface area contributed by atoms with E-state index in [1.54, 1.807) is 0 Å². The summed E-state index contributed by atoms with van der Waals surface area (Å²) in [6.45, 7) is 0. The van der Waals surface area contributed by atoms with Gasteiger partial charge in [-0.25, -0.2) is 10.5 Å². The Kier molecular flexibility index (Phi) is 7.29. The van der Waals surface area contributed by atoms with Gasteiger partial charge in [0.05, 0.1) is 0 Å². The quantitative estimate of drug-likeness (QED) is 0.848. The molecule has 1 aromatic rings. The van der Waals surface area contributed by atoms with Gasteiger partial charge in [-0.2, -0.15) is 9.97 Å². The van der Waals surface area contributed by atoms with Crippen molar-refractivity contribution in [3.05, 3.63) is 23.4 Å². The van der Waals surface area contributed by atoms with Gasteiger partial charge in [0, 0.05) is 5.70 Å². The zero-order valence-corrected chi connectivity index (χ0v) is 13.1. The zero-order chi connectivity index (χ0) is 14.8. The molecule has 2 rings (SSSR count). The Balaban J connectivity index is 1.84. The Bertz CT molecular complexity index is 453. The van der Waals surface area contributed by atoms with E-state index < -0.39 is 0 Å². The summed E-state index contributed by atoms with van der Waals surface area (Å²) in [6, 6.07) is 0.196. The number of allylic oxidation sites excluding steroid dienone is 2. The molecule has 6 heteroatoms. The molecule has 0 radical (unpaired) electrons. The van der Waals surface area contributed by atoms with Crippen molar-refractivity contribution in [2.45, 2.75) is 64.2 Å². The first-order valence-corrected chi connectivity index (χ1v) is 8.19. The largest absolute Gasteiger partial charge is 0.346 e. The van der Waals surface area contributed by atoms with Gasteiger partial charge in [0.15, 0.2) is 0 Å². The van der Waals surface area contributed by atoms with Crippen molar-refractivity contribution in [1.82, 2.24) is 20.4 Å². The molecule has 0 spiro atoms. The Hall–Kier alpha value is -1.36. The van der Waals surface area contributed by atoms with Crippen LogP contribution in [0.4, 0.5) is 0 Å². The molecule has 0 fully saturated rings. The van der Waals surface area contributed by atoms with Gasteiger partial charge in [0.2, 0.25) is 5.28 Å². The van der Waals surface area contributed by atoms with Crippen LogP contribution in [0.2, 0.25) is 5.28 Å². The average Bonchev–Trinajstić information content (AvgIpc) is 2.47. The first-order valence-electron chi connectivity index (χ1n) is 7.81. The average molecular weight is 311 g/mol. The van der Waals surface area contributed by atoms with Gasteiger partial charge in [-0.3, -0.25) is 0 Å². The molecule has 5 nitrogen and oxygen atoms in total. The number of nitrogens with one attached hydrogen (secondary N) is 1. The zero-order valence-electron chi connectivity index (χ0n) is 12.4. The highest BCUT2D eigenvalue weighted by Gasteiger charge is 2.04. The predicted molar refractivity (Wildman–Crippen MR) is 82.9 cm³/mol. The number of rotatable bonds is 3. The molecular weight excluding hydrogens is 288 g/mol. The molecule has 1 aromatic heterocycles. The topological polar surface area (TPSA) is 59.9 Å². The summed E-state index contributed by atoms with van der Waals surface area (Å²) < 4.78 is 0. The van der Waals surface area contributed by atoms with E-state index in [1.165, 1.54) is 57.7 Å². The van der Waals surface area contributed by atoms with Gasteiger partial charge < -0.3 is 4.84 Å². The van der Waals surface area contributed by atoms with Gasteiger partial charge in [0.25, 0.3) is 0 Å². The number of hydroxylamine groups is 1. The fourth-order valence-corrected chi connectivity index (χ4v) is 2.53. The van der Waals surface area contributed by atoms with Crippen molar-refractivity contribution in [1.29, 1.82) is 0 Å². The third-order valence-electron chi connectivity index (χ3n) is 3.58. The van der Waals surface area contributed by atoms with Crippen molar-refractivity contribution < 1.29 is 4.84 Å². The van der Waals surface area contributed by atoms with Crippen molar-refractivity contribution in [2.75, 3.05) is 0 Å². The Morgan fingerprint density at radius 3 is 2.43 bits per heavy atom. The fraction of sp³-hybridized carbons (Fsp3) is 0.667. The van der Waals surface area contributed by atoms with Crippen LogP contribution in [0.5, 0.6) is 6.01 Å². The SMILES string of the molecule is Clc1ncnc(ONC2=CCCCCCCCCCC2)n1. The second-order valence-electron chi connectivity index (χ2n) is 5.34. The molecule has 1 aliphatic carbocycles. The number of halogens is 1. The van der Waals surface area contributed by atoms with Crippen LogP contribution in [0.15, 0.2) is 18.1 Å². The van der Waals surface area contributed by atoms with E-state index in [0.717, 1.165) is 18.5 Å². The molecule has 0 aliphatic heterocycles. The van der Waals surface area contributed by atoms with E-state index in [1.807, 2.05) is 0 Å². The first-order chi connectivity index (χ1) is 10.3. The third-order valence-corrected chi connectivity index (χ3v) is 3.77. The Morgan fingerprint density at radius 1 is 0.952 bits per heavy atom. The molecule has 1 heterocycles. The monoisotopic (exact) mass is 310 g/mol. The lowest BCUT2D eigenvalue weighted by Gasteiger charge is -2.12. The molecular formula is C15H23ClN4O. The Labute approximate surface area is 131 Å². The summed E-state index contributed by atoms with van der Waals surface area (Å²) in [5.74, 6) is 0. The second kappa shape index (κ2) is 9.55. The number of hydrogen-bond acceptors (Lipinski definition) is 5. The van der Waals surface area contributed by atoms with E-state index in [-0.39, 0.29) is 11.3 Å². The Morgan fingerprint density at radius 2 is 1.67 bits per heavy atom. The van der Waals surface area contributed by atoms with Crippen LogP contribution in [0.1, 0.15) is 64.2 Å². The standard InChI is InChI=1S/C15H23ClN4O/c16-14-17-12-18-15(19-14)21-20-13-10-8-6-4-2-1-3-5-7-9-11-13/h10,12,20H,1-9,11H2. The minimum Gasteiger partial charge on any atom is -0.340 e. The smallest absolute Gasteiger partial charge is 0.340 e. The molecule has 0 amide bonds. The summed E-state index contributed by atoms with van der Waals surface area (Å²) in [5.41, 5.74) is 4.07. The lowest BCUT2D eigenvalue weighted by atomic mass is 10.0. The van der Waals surface area contributed by atoms with Crippen LogP contribution in [-0.2, 0) is 0 Å². The molecule has 0 atom stereocenters. The number of hydrogen-bond donors (Lipinski definition) is 1. The van der Waals surface area contributed by atoms with Gasteiger partial charge in [-0.15, -0.1) is 0 Å². The van der Waals surface area contributed by atoms with E-state index in [4.69, 9.17) is 16.4 Å². The third kappa shape index (κ3) is 6.76. The maximum Gasteiger partial charge on any atom is 0.346 e. The molecule has 0 saturated heterocycles. The van der Waals surface area contributed by atoms with Gasteiger partial charge >= 0.3 is 6.01 Å². The van der Waals surface area contributed by atoms with E-state index in [2.05, 4.69) is 26.5 Å². The maximum atomic E-state index is 5.70.